The first-order chi connectivity index (χ1) is 6.36. The SMILES string of the molecule is CC1=CC=C(c2ccccc2)CS1. The van der Waals surface area contributed by atoms with Crippen molar-refractivity contribution in [2.75, 3.05) is 5.75 Å². The number of hydrogen-bond donors (Lipinski definition) is 0. The van der Waals surface area contributed by atoms with Gasteiger partial charge in [0.1, 0.15) is 0 Å². The molecule has 1 heteroatoms. The molecule has 0 spiro atoms. The first-order valence-electron chi connectivity index (χ1n) is 4.42. The largest absolute Gasteiger partial charge is 0.126 e. The van der Waals surface area contributed by atoms with Crippen LogP contribution in [-0.4, -0.2) is 5.75 Å². The van der Waals surface area contributed by atoms with Gasteiger partial charge in [0, 0.05) is 5.75 Å². The van der Waals surface area contributed by atoms with Gasteiger partial charge in [-0.05, 0) is 23.0 Å². The molecular weight excluding hydrogens is 176 g/mol. The monoisotopic (exact) mass is 188 g/mol. The third-order valence-corrected chi connectivity index (χ3v) is 3.17. The summed E-state index contributed by atoms with van der Waals surface area (Å²) >= 11 is 1.91. The van der Waals surface area contributed by atoms with Crippen LogP contribution in [0.1, 0.15) is 12.5 Å². The van der Waals surface area contributed by atoms with Gasteiger partial charge < -0.3 is 0 Å². The zero-order valence-corrected chi connectivity index (χ0v) is 8.47. The molecule has 13 heavy (non-hydrogen) atoms. The molecule has 2 rings (SSSR count). The van der Waals surface area contributed by atoms with E-state index < -0.39 is 0 Å². The maximum atomic E-state index is 2.22. The second kappa shape index (κ2) is 3.84. The Kier molecular flexibility index (Phi) is 2.55. The van der Waals surface area contributed by atoms with Crippen molar-refractivity contribution in [1.29, 1.82) is 0 Å². The van der Waals surface area contributed by atoms with Crippen molar-refractivity contribution in [2.24, 2.45) is 0 Å². The van der Waals surface area contributed by atoms with Crippen molar-refractivity contribution in [3.05, 3.63) is 53.0 Å². The summed E-state index contributed by atoms with van der Waals surface area (Å²) in [6.07, 6.45) is 4.41. The number of allylic oxidation sites excluding steroid dienone is 3. The van der Waals surface area contributed by atoms with Crippen LogP contribution in [0, 0.1) is 0 Å². The zero-order valence-electron chi connectivity index (χ0n) is 7.66. The fraction of sp³-hybridized carbons (Fsp3) is 0.167. The summed E-state index contributed by atoms with van der Waals surface area (Å²) in [5, 5.41) is 0. The van der Waals surface area contributed by atoms with Gasteiger partial charge >= 0.3 is 0 Å². The molecule has 0 aliphatic carbocycles. The number of rotatable bonds is 1. The second-order valence-electron chi connectivity index (χ2n) is 3.12. The second-order valence-corrected chi connectivity index (χ2v) is 4.35. The molecule has 0 saturated heterocycles. The normalized spacial score (nSPS) is 16.4. The summed E-state index contributed by atoms with van der Waals surface area (Å²) in [5.41, 5.74) is 2.77. The summed E-state index contributed by atoms with van der Waals surface area (Å²) < 4.78 is 0. The Morgan fingerprint density at radius 1 is 1.08 bits per heavy atom. The maximum Gasteiger partial charge on any atom is 0.0234 e. The fourth-order valence-electron chi connectivity index (χ4n) is 1.34. The molecule has 0 saturated carbocycles. The third-order valence-electron chi connectivity index (χ3n) is 2.12. The highest BCUT2D eigenvalue weighted by atomic mass is 32.2. The van der Waals surface area contributed by atoms with Crippen LogP contribution in [0.4, 0.5) is 0 Å². The average Bonchev–Trinajstić information content (AvgIpc) is 2.20. The first kappa shape index (κ1) is 8.64. The lowest BCUT2D eigenvalue weighted by molar-refractivity contribution is 1.54. The van der Waals surface area contributed by atoms with Gasteiger partial charge in [-0.1, -0.05) is 42.5 Å². The molecule has 0 atom stereocenters. The fourth-order valence-corrected chi connectivity index (χ4v) is 2.15. The standard InChI is InChI=1S/C12H12S/c1-10-7-8-12(9-13-10)11-5-3-2-4-6-11/h2-8H,9H2,1H3. The minimum atomic E-state index is 1.10. The van der Waals surface area contributed by atoms with E-state index in [0.29, 0.717) is 0 Å². The van der Waals surface area contributed by atoms with Gasteiger partial charge in [0.25, 0.3) is 0 Å². The zero-order chi connectivity index (χ0) is 9.10. The van der Waals surface area contributed by atoms with Gasteiger partial charge in [-0.25, -0.2) is 0 Å². The molecule has 0 fully saturated rings. The van der Waals surface area contributed by atoms with E-state index in [-0.39, 0.29) is 0 Å². The Balaban J connectivity index is 2.29. The van der Waals surface area contributed by atoms with Crippen molar-refractivity contribution in [2.45, 2.75) is 6.92 Å². The number of hydrogen-bond acceptors (Lipinski definition) is 1. The van der Waals surface area contributed by atoms with E-state index in [1.165, 1.54) is 16.0 Å². The topological polar surface area (TPSA) is 0 Å². The van der Waals surface area contributed by atoms with Crippen LogP contribution in [-0.2, 0) is 0 Å². The van der Waals surface area contributed by atoms with E-state index in [2.05, 4.69) is 49.4 Å². The van der Waals surface area contributed by atoms with Crippen molar-refractivity contribution in [3.63, 3.8) is 0 Å². The number of thioether (sulfide) groups is 1. The van der Waals surface area contributed by atoms with Crippen LogP contribution in [0.25, 0.3) is 5.57 Å². The van der Waals surface area contributed by atoms with Crippen LogP contribution < -0.4 is 0 Å². The van der Waals surface area contributed by atoms with Crippen LogP contribution in [0.3, 0.4) is 0 Å². The van der Waals surface area contributed by atoms with Gasteiger partial charge in [-0.2, -0.15) is 0 Å². The molecule has 0 nitrogen and oxygen atoms in total. The predicted octanol–water partition coefficient (Wildman–Crippen LogP) is 3.72. The average molecular weight is 188 g/mol. The molecule has 1 aliphatic rings. The van der Waals surface area contributed by atoms with E-state index in [0.717, 1.165) is 5.75 Å². The smallest absolute Gasteiger partial charge is 0.0234 e. The first-order valence-corrected chi connectivity index (χ1v) is 5.40. The molecular formula is C12H12S. The minimum absolute atomic E-state index is 1.10. The van der Waals surface area contributed by atoms with E-state index >= 15 is 0 Å². The molecule has 0 amide bonds. The molecule has 1 aliphatic heterocycles. The molecule has 0 N–H and O–H groups in total. The van der Waals surface area contributed by atoms with Crippen LogP contribution >= 0.6 is 11.8 Å². The van der Waals surface area contributed by atoms with Crippen molar-refractivity contribution < 1.29 is 0 Å². The van der Waals surface area contributed by atoms with Crippen LogP contribution in [0.2, 0.25) is 0 Å². The molecule has 1 heterocycles. The Labute approximate surface area is 83.4 Å². The molecule has 0 bridgehead atoms. The Bertz CT molecular complexity index is 347. The highest BCUT2D eigenvalue weighted by molar-refractivity contribution is 8.03. The Hall–Kier alpha value is -0.950. The number of benzene rings is 1. The Morgan fingerprint density at radius 3 is 2.46 bits per heavy atom. The van der Waals surface area contributed by atoms with E-state index in [1.807, 2.05) is 11.8 Å². The molecule has 0 unspecified atom stereocenters. The highest BCUT2D eigenvalue weighted by Crippen LogP contribution is 2.28. The van der Waals surface area contributed by atoms with Crippen molar-refractivity contribution in [3.8, 4) is 0 Å². The van der Waals surface area contributed by atoms with Gasteiger partial charge in [-0.3, -0.25) is 0 Å². The lowest BCUT2D eigenvalue weighted by Gasteiger charge is -2.11. The predicted molar refractivity (Wildman–Crippen MR) is 60.6 cm³/mol. The minimum Gasteiger partial charge on any atom is -0.126 e. The quantitative estimate of drug-likeness (QED) is 0.647. The van der Waals surface area contributed by atoms with Gasteiger partial charge in [0.2, 0.25) is 0 Å². The lowest BCUT2D eigenvalue weighted by atomic mass is 10.1. The molecule has 0 radical (unpaired) electrons. The highest BCUT2D eigenvalue weighted by Gasteiger charge is 2.04. The summed E-state index contributed by atoms with van der Waals surface area (Å²) in [6.45, 7) is 2.16. The third kappa shape index (κ3) is 2.04. The van der Waals surface area contributed by atoms with Gasteiger partial charge in [-0.15, -0.1) is 11.8 Å². The van der Waals surface area contributed by atoms with E-state index in [4.69, 9.17) is 0 Å². The van der Waals surface area contributed by atoms with Gasteiger partial charge in [0.15, 0.2) is 0 Å². The van der Waals surface area contributed by atoms with E-state index in [9.17, 15) is 0 Å². The van der Waals surface area contributed by atoms with Crippen molar-refractivity contribution >= 4 is 17.3 Å². The summed E-state index contributed by atoms with van der Waals surface area (Å²) in [6, 6.07) is 10.6. The summed E-state index contributed by atoms with van der Waals surface area (Å²) in [4.78, 5) is 1.40. The molecule has 0 aromatic heterocycles. The van der Waals surface area contributed by atoms with Crippen LogP contribution in [0.15, 0.2) is 47.4 Å². The Morgan fingerprint density at radius 2 is 1.85 bits per heavy atom. The summed E-state index contributed by atoms with van der Waals surface area (Å²) in [5.74, 6) is 1.10. The van der Waals surface area contributed by atoms with Crippen molar-refractivity contribution in [1.82, 2.24) is 0 Å². The molecule has 1 aromatic rings. The maximum absolute atomic E-state index is 2.22. The molecule has 1 aromatic carbocycles. The summed E-state index contributed by atoms with van der Waals surface area (Å²) in [7, 11) is 0. The van der Waals surface area contributed by atoms with Gasteiger partial charge in [0.05, 0.1) is 0 Å². The van der Waals surface area contributed by atoms with Crippen LogP contribution in [0.5, 0.6) is 0 Å². The molecule has 66 valence electrons. The lowest BCUT2D eigenvalue weighted by Crippen LogP contribution is -1.91. The van der Waals surface area contributed by atoms with E-state index in [1.54, 1.807) is 0 Å².